The summed E-state index contributed by atoms with van der Waals surface area (Å²) in [4.78, 5) is 4.24. The van der Waals surface area contributed by atoms with Crippen molar-refractivity contribution in [2.45, 2.75) is 39.9 Å². The summed E-state index contributed by atoms with van der Waals surface area (Å²) >= 11 is 1.76. The SMILES string of the molecule is Cc1cscc1Cn1cncc1CNC(C)C. The number of aryl methyl sites for hydroxylation is 1. The van der Waals surface area contributed by atoms with Gasteiger partial charge in [0, 0.05) is 25.3 Å². The first kappa shape index (κ1) is 12.3. The van der Waals surface area contributed by atoms with E-state index in [1.165, 1.54) is 16.8 Å². The van der Waals surface area contributed by atoms with Gasteiger partial charge in [0.05, 0.1) is 12.0 Å². The topological polar surface area (TPSA) is 29.9 Å². The fraction of sp³-hybridized carbons (Fsp3) is 0.462. The fourth-order valence-corrected chi connectivity index (χ4v) is 2.53. The highest BCUT2D eigenvalue weighted by Crippen LogP contribution is 2.15. The Balaban J connectivity index is 2.06. The lowest BCUT2D eigenvalue weighted by molar-refractivity contribution is 0.564. The predicted octanol–water partition coefficient (Wildman–Crippen LogP) is 2.80. The van der Waals surface area contributed by atoms with Crippen molar-refractivity contribution in [3.8, 4) is 0 Å². The van der Waals surface area contributed by atoms with E-state index in [1.807, 2.05) is 12.5 Å². The quantitative estimate of drug-likeness (QED) is 0.883. The summed E-state index contributed by atoms with van der Waals surface area (Å²) in [6.45, 7) is 8.27. The minimum Gasteiger partial charge on any atom is -0.329 e. The molecule has 0 unspecified atom stereocenters. The van der Waals surface area contributed by atoms with E-state index in [0.29, 0.717) is 6.04 Å². The number of hydrogen-bond acceptors (Lipinski definition) is 3. The van der Waals surface area contributed by atoms with E-state index in [0.717, 1.165) is 13.1 Å². The van der Waals surface area contributed by atoms with Crippen LogP contribution in [0.15, 0.2) is 23.3 Å². The normalized spacial score (nSPS) is 11.3. The highest BCUT2D eigenvalue weighted by Gasteiger charge is 2.05. The molecule has 0 spiro atoms. The van der Waals surface area contributed by atoms with Crippen molar-refractivity contribution in [1.82, 2.24) is 14.9 Å². The number of nitrogens with zero attached hydrogens (tertiary/aromatic N) is 2. The average molecular weight is 249 g/mol. The number of hydrogen-bond donors (Lipinski definition) is 1. The Morgan fingerprint density at radius 2 is 2.24 bits per heavy atom. The van der Waals surface area contributed by atoms with Gasteiger partial charge in [0.2, 0.25) is 0 Å². The van der Waals surface area contributed by atoms with Crippen molar-refractivity contribution in [3.63, 3.8) is 0 Å². The Morgan fingerprint density at radius 1 is 1.41 bits per heavy atom. The molecule has 0 saturated heterocycles. The van der Waals surface area contributed by atoms with E-state index in [4.69, 9.17) is 0 Å². The van der Waals surface area contributed by atoms with Crippen LogP contribution in [-0.4, -0.2) is 15.6 Å². The molecule has 0 bridgehead atoms. The second-order valence-corrected chi connectivity index (χ2v) is 5.37. The smallest absolute Gasteiger partial charge is 0.0951 e. The molecule has 0 aliphatic carbocycles. The van der Waals surface area contributed by atoms with Crippen LogP contribution in [0.1, 0.15) is 30.7 Å². The van der Waals surface area contributed by atoms with E-state index in [-0.39, 0.29) is 0 Å². The Bertz CT molecular complexity index is 470. The third-order valence-electron chi connectivity index (χ3n) is 2.79. The van der Waals surface area contributed by atoms with Crippen LogP contribution in [0.3, 0.4) is 0 Å². The second-order valence-electron chi connectivity index (χ2n) is 4.63. The molecule has 0 fully saturated rings. The molecule has 17 heavy (non-hydrogen) atoms. The van der Waals surface area contributed by atoms with E-state index >= 15 is 0 Å². The molecule has 92 valence electrons. The lowest BCUT2D eigenvalue weighted by atomic mass is 10.2. The predicted molar refractivity (Wildman–Crippen MR) is 72.4 cm³/mol. The first-order chi connectivity index (χ1) is 8.16. The standard InChI is InChI=1S/C13H19N3S/c1-10(2)15-5-13-4-14-9-16(13)6-12-8-17-7-11(12)3/h4,7-10,15H,5-6H2,1-3H3. The van der Waals surface area contributed by atoms with Crippen LogP contribution < -0.4 is 5.32 Å². The zero-order valence-corrected chi connectivity index (χ0v) is 11.4. The summed E-state index contributed by atoms with van der Waals surface area (Å²) in [5, 5.41) is 7.83. The second kappa shape index (κ2) is 5.47. The molecule has 2 aromatic heterocycles. The molecule has 0 saturated carbocycles. The van der Waals surface area contributed by atoms with Gasteiger partial charge < -0.3 is 9.88 Å². The van der Waals surface area contributed by atoms with E-state index < -0.39 is 0 Å². The molecule has 0 radical (unpaired) electrons. The van der Waals surface area contributed by atoms with Gasteiger partial charge in [-0.05, 0) is 28.8 Å². The lowest BCUT2D eigenvalue weighted by Crippen LogP contribution is -2.23. The minimum absolute atomic E-state index is 0.501. The largest absolute Gasteiger partial charge is 0.329 e. The molecule has 2 aromatic rings. The van der Waals surface area contributed by atoms with Gasteiger partial charge in [-0.15, -0.1) is 0 Å². The highest BCUT2D eigenvalue weighted by atomic mass is 32.1. The van der Waals surface area contributed by atoms with E-state index in [9.17, 15) is 0 Å². The van der Waals surface area contributed by atoms with E-state index in [2.05, 4.69) is 46.4 Å². The van der Waals surface area contributed by atoms with Gasteiger partial charge in [0.15, 0.2) is 0 Å². The fourth-order valence-electron chi connectivity index (χ4n) is 1.68. The molecule has 2 heterocycles. The molecule has 0 aliphatic rings. The molecule has 1 N–H and O–H groups in total. The van der Waals surface area contributed by atoms with Gasteiger partial charge in [-0.2, -0.15) is 11.3 Å². The van der Waals surface area contributed by atoms with Crippen molar-refractivity contribution in [3.05, 3.63) is 40.1 Å². The number of thiophene rings is 1. The molecular formula is C13H19N3S. The first-order valence-corrected chi connectivity index (χ1v) is 6.85. The summed E-state index contributed by atoms with van der Waals surface area (Å²) < 4.78 is 2.21. The van der Waals surface area contributed by atoms with Crippen LogP contribution in [0.25, 0.3) is 0 Å². The molecule has 2 rings (SSSR count). The molecule has 0 aromatic carbocycles. The van der Waals surface area contributed by atoms with Crippen molar-refractivity contribution in [2.24, 2.45) is 0 Å². The monoisotopic (exact) mass is 249 g/mol. The van der Waals surface area contributed by atoms with Gasteiger partial charge in [-0.25, -0.2) is 4.98 Å². The van der Waals surface area contributed by atoms with Crippen LogP contribution >= 0.6 is 11.3 Å². The molecular weight excluding hydrogens is 230 g/mol. The molecule has 4 heteroatoms. The average Bonchev–Trinajstić information content (AvgIpc) is 2.87. The molecule has 0 amide bonds. The third-order valence-corrected chi connectivity index (χ3v) is 3.70. The third kappa shape index (κ3) is 3.17. The Kier molecular flexibility index (Phi) is 3.97. The van der Waals surface area contributed by atoms with Crippen LogP contribution in [0.5, 0.6) is 0 Å². The van der Waals surface area contributed by atoms with Gasteiger partial charge in [0.1, 0.15) is 0 Å². The van der Waals surface area contributed by atoms with Crippen molar-refractivity contribution in [2.75, 3.05) is 0 Å². The van der Waals surface area contributed by atoms with E-state index in [1.54, 1.807) is 11.3 Å². The first-order valence-electron chi connectivity index (χ1n) is 5.91. The number of imidazole rings is 1. The Morgan fingerprint density at radius 3 is 2.88 bits per heavy atom. The zero-order valence-electron chi connectivity index (χ0n) is 10.6. The van der Waals surface area contributed by atoms with Gasteiger partial charge in [0.25, 0.3) is 0 Å². The van der Waals surface area contributed by atoms with Crippen molar-refractivity contribution < 1.29 is 0 Å². The van der Waals surface area contributed by atoms with Crippen LogP contribution in [0.2, 0.25) is 0 Å². The number of rotatable bonds is 5. The highest BCUT2D eigenvalue weighted by molar-refractivity contribution is 7.08. The van der Waals surface area contributed by atoms with Crippen LogP contribution in [0, 0.1) is 6.92 Å². The van der Waals surface area contributed by atoms with Gasteiger partial charge in [-0.1, -0.05) is 13.8 Å². The van der Waals surface area contributed by atoms with Crippen molar-refractivity contribution >= 4 is 11.3 Å². The molecule has 0 aliphatic heterocycles. The maximum absolute atomic E-state index is 4.24. The Labute approximate surface area is 107 Å². The van der Waals surface area contributed by atoms with Crippen LogP contribution in [0.4, 0.5) is 0 Å². The summed E-state index contributed by atoms with van der Waals surface area (Å²) in [5.41, 5.74) is 3.99. The zero-order chi connectivity index (χ0) is 12.3. The lowest BCUT2D eigenvalue weighted by Gasteiger charge is -2.11. The van der Waals surface area contributed by atoms with Crippen molar-refractivity contribution in [1.29, 1.82) is 0 Å². The Hall–Kier alpha value is -1.13. The summed E-state index contributed by atoms with van der Waals surface area (Å²) in [6, 6.07) is 0.501. The summed E-state index contributed by atoms with van der Waals surface area (Å²) in [7, 11) is 0. The van der Waals surface area contributed by atoms with Crippen LogP contribution in [-0.2, 0) is 13.1 Å². The molecule has 0 atom stereocenters. The summed E-state index contributed by atoms with van der Waals surface area (Å²) in [5.74, 6) is 0. The minimum atomic E-state index is 0.501. The summed E-state index contributed by atoms with van der Waals surface area (Å²) in [6.07, 6.45) is 3.85. The maximum Gasteiger partial charge on any atom is 0.0951 e. The number of nitrogens with one attached hydrogen (secondary N) is 1. The number of aromatic nitrogens is 2. The maximum atomic E-state index is 4.24. The van der Waals surface area contributed by atoms with Gasteiger partial charge in [-0.3, -0.25) is 0 Å². The molecule has 3 nitrogen and oxygen atoms in total. The van der Waals surface area contributed by atoms with Gasteiger partial charge >= 0.3 is 0 Å².